The second-order valence-corrected chi connectivity index (χ2v) is 13.1. The fraction of sp³-hybridized carbons (Fsp3) is 0.0952. The SMILES string of the molecule is CCOC(=O)c1cccc(N(c2ccc(Br)cc2)c2ccc(-c3ccc(N(c4ccc(Br)cc4)c4cccc(C(=O)OCC)c4)cc3)cc2)c1. The average molecular weight is 791 g/mol. The molecule has 0 bridgehead atoms. The molecule has 0 atom stereocenters. The van der Waals surface area contributed by atoms with E-state index < -0.39 is 0 Å². The summed E-state index contributed by atoms with van der Waals surface area (Å²) in [6.07, 6.45) is 0. The van der Waals surface area contributed by atoms with Gasteiger partial charge in [0.2, 0.25) is 0 Å². The second-order valence-electron chi connectivity index (χ2n) is 11.3. The van der Waals surface area contributed by atoms with Gasteiger partial charge in [0, 0.05) is 43.1 Å². The molecular weight excluding hydrogens is 756 g/mol. The first kappa shape index (κ1) is 34.7. The van der Waals surface area contributed by atoms with E-state index in [4.69, 9.17) is 9.47 Å². The number of anilines is 6. The highest BCUT2D eigenvalue weighted by molar-refractivity contribution is 9.10. The number of carbonyl (C=O) groups excluding carboxylic acids is 2. The molecule has 0 N–H and O–H groups in total. The first-order valence-corrected chi connectivity index (χ1v) is 17.8. The average Bonchev–Trinajstić information content (AvgIpc) is 3.14. The van der Waals surface area contributed by atoms with E-state index in [2.05, 4.69) is 90.2 Å². The van der Waals surface area contributed by atoms with Crippen LogP contribution in [0.15, 0.2) is 155 Å². The van der Waals surface area contributed by atoms with Crippen molar-refractivity contribution in [3.8, 4) is 11.1 Å². The van der Waals surface area contributed by atoms with Crippen LogP contribution in [-0.2, 0) is 9.47 Å². The zero-order valence-electron chi connectivity index (χ0n) is 27.6. The Morgan fingerprint density at radius 3 is 1.10 bits per heavy atom. The first-order chi connectivity index (χ1) is 24.3. The Hall–Kier alpha value is -5.18. The normalized spacial score (nSPS) is 10.7. The van der Waals surface area contributed by atoms with Gasteiger partial charge in [0.05, 0.1) is 24.3 Å². The summed E-state index contributed by atoms with van der Waals surface area (Å²) in [5.74, 6) is -0.705. The van der Waals surface area contributed by atoms with Gasteiger partial charge in [0.1, 0.15) is 0 Å². The largest absolute Gasteiger partial charge is 0.462 e. The van der Waals surface area contributed by atoms with Gasteiger partial charge in [-0.2, -0.15) is 0 Å². The molecule has 6 aromatic rings. The number of esters is 2. The highest BCUT2D eigenvalue weighted by Crippen LogP contribution is 2.39. The van der Waals surface area contributed by atoms with Crippen LogP contribution in [0.1, 0.15) is 34.6 Å². The smallest absolute Gasteiger partial charge is 0.338 e. The van der Waals surface area contributed by atoms with Gasteiger partial charge in [-0.05, 0) is 134 Å². The fourth-order valence-corrected chi connectivity index (χ4v) is 6.18. The number of hydrogen-bond acceptors (Lipinski definition) is 6. The molecule has 0 aromatic heterocycles. The van der Waals surface area contributed by atoms with Gasteiger partial charge < -0.3 is 19.3 Å². The van der Waals surface area contributed by atoms with Gasteiger partial charge in [-0.1, -0.05) is 68.3 Å². The minimum Gasteiger partial charge on any atom is -0.462 e. The molecule has 0 fully saturated rings. The highest BCUT2D eigenvalue weighted by atomic mass is 79.9. The third-order valence-electron chi connectivity index (χ3n) is 7.98. The maximum absolute atomic E-state index is 12.6. The van der Waals surface area contributed by atoms with Crippen LogP contribution in [0.4, 0.5) is 34.1 Å². The lowest BCUT2D eigenvalue weighted by molar-refractivity contribution is 0.0517. The van der Waals surface area contributed by atoms with Crippen molar-refractivity contribution in [2.75, 3.05) is 23.0 Å². The Labute approximate surface area is 309 Å². The minimum atomic E-state index is -0.352. The van der Waals surface area contributed by atoms with Crippen LogP contribution < -0.4 is 9.80 Å². The van der Waals surface area contributed by atoms with Crippen LogP contribution in [-0.4, -0.2) is 25.2 Å². The number of ether oxygens (including phenoxy) is 2. The molecular formula is C42H34Br2N2O4. The van der Waals surface area contributed by atoms with Gasteiger partial charge in [-0.25, -0.2) is 9.59 Å². The molecule has 0 amide bonds. The Kier molecular flexibility index (Phi) is 11.1. The summed E-state index contributed by atoms with van der Waals surface area (Å²) >= 11 is 7.09. The number of rotatable bonds is 11. The second kappa shape index (κ2) is 16.0. The maximum atomic E-state index is 12.6. The van der Waals surface area contributed by atoms with E-state index in [9.17, 15) is 9.59 Å². The van der Waals surface area contributed by atoms with Crippen LogP contribution in [0, 0.1) is 0 Å². The van der Waals surface area contributed by atoms with Gasteiger partial charge in [0.25, 0.3) is 0 Å². The van der Waals surface area contributed by atoms with Crippen LogP contribution in [0.25, 0.3) is 11.1 Å². The molecule has 0 saturated carbocycles. The molecule has 0 heterocycles. The quantitative estimate of drug-likeness (QED) is 0.122. The Morgan fingerprint density at radius 2 is 0.780 bits per heavy atom. The molecule has 0 aliphatic rings. The summed E-state index contributed by atoms with van der Waals surface area (Å²) in [6, 6.07) is 47.8. The van der Waals surface area contributed by atoms with Gasteiger partial charge >= 0.3 is 11.9 Å². The summed E-state index contributed by atoms with van der Waals surface area (Å²) in [5, 5.41) is 0. The molecule has 0 saturated heterocycles. The number of halogens is 2. The molecule has 6 nitrogen and oxygen atoms in total. The predicted molar refractivity (Wildman–Crippen MR) is 209 cm³/mol. The van der Waals surface area contributed by atoms with Crippen molar-refractivity contribution >= 4 is 77.9 Å². The fourth-order valence-electron chi connectivity index (χ4n) is 5.65. The summed E-state index contributed by atoms with van der Waals surface area (Å²) in [5.41, 5.74) is 8.56. The van der Waals surface area contributed by atoms with Crippen LogP contribution >= 0.6 is 31.9 Å². The van der Waals surface area contributed by atoms with Crippen molar-refractivity contribution in [1.29, 1.82) is 0 Å². The van der Waals surface area contributed by atoms with Crippen molar-refractivity contribution in [3.63, 3.8) is 0 Å². The predicted octanol–water partition coefficient (Wildman–Crippen LogP) is 12.2. The standard InChI is InChI=1S/C42H34Br2N2O4/c1-3-49-41(47)31-7-5-9-39(27-31)45(37-23-15-33(43)16-24-37)35-19-11-29(12-20-35)30-13-21-36(22-14-30)46(38-25-17-34(44)18-26-38)40-10-6-8-32(28-40)42(48)50-4-2/h5-28H,3-4H2,1-2H3. The van der Waals surface area contributed by atoms with E-state index in [1.54, 1.807) is 26.0 Å². The number of carbonyl (C=O) groups is 2. The molecule has 0 unspecified atom stereocenters. The third-order valence-corrected chi connectivity index (χ3v) is 9.04. The first-order valence-electron chi connectivity index (χ1n) is 16.2. The summed E-state index contributed by atoms with van der Waals surface area (Å²) in [7, 11) is 0. The third kappa shape index (κ3) is 7.99. The molecule has 6 aromatic carbocycles. The zero-order chi connectivity index (χ0) is 35.0. The van der Waals surface area contributed by atoms with Crippen molar-refractivity contribution in [2.24, 2.45) is 0 Å². The van der Waals surface area contributed by atoms with Crippen molar-refractivity contribution in [3.05, 3.63) is 166 Å². The number of benzene rings is 6. The summed E-state index contributed by atoms with van der Waals surface area (Å²) < 4.78 is 12.5. The van der Waals surface area contributed by atoms with E-state index in [1.165, 1.54) is 0 Å². The maximum Gasteiger partial charge on any atom is 0.338 e. The van der Waals surface area contributed by atoms with Crippen LogP contribution in [0.3, 0.4) is 0 Å². The molecule has 8 heteroatoms. The highest BCUT2D eigenvalue weighted by Gasteiger charge is 2.18. The summed E-state index contributed by atoms with van der Waals surface area (Å²) in [6.45, 7) is 4.23. The van der Waals surface area contributed by atoms with E-state index in [-0.39, 0.29) is 11.9 Å². The molecule has 0 aliphatic carbocycles. The van der Waals surface area contributed by atoms with Crippen molar-refractivity contribution < 1.29 is 19.1 Å². The van der Waals surface area contributed by atoms with Gasteiger partial charge in [0.15, 0.2) is 0 Å². The van der Waals surface area contributed by atoms with E-state index in [0.717, 1.165) is 54.2 Å². The summed E-state index contributed by atoms with van der Waals surface area (Å²) in [4.78, 5) is 29.4. The lowest BCUT2D eigenvalue weighted by atomic mass is 10.0. The molecule has 0 radical (unpaired) electrons. The molecule has 6 rings (SSSR count). The lowest BCUT2D eigenvalue weighted by Crippen LogP contribution is -2.12. The monoisotopic (exact) mass is 788 g/mol. The van der Waals surface area contributed by atoms with Gasteiger partial charge in [-0.3, -0.25) is 0 Å². The van der Waals surface area contributed by atoms with Crippen molar-refractivity contribution in [1.82, 2.24) is 0 Å². The van der Waals surface area contributed by atoms with E-state index >= 15 is 0 Å². The number of hydrogen-bond donors (Lipinski definition) is 0. The van der Waals surface area contributed by atoms with Gasteiger partial charge in [-0.15, -0.1) is 0 Å². The van der Waals surface area contributed by atoms with Crippen LogP contribution in [0.2, 0.25) is 0 Å². The molecule has 0 aliphatic heterocycles. The number of nitrogens with zero attached hydrogens (tertiary/aromatic N) is 2. The Balaban J connectivity index is 1.33. The zero-order valence-corrected chi connectivity index (χ0v) is 30.7. The van der Waals surface area contributed by atoms with Crippen molar-refractivity contribution in [2.45, 2.75) is 13.8 Å². The topological polar surface area (TPSA) is 59.1 Å². The Bertz CT molecular complexity index is 1930. The molecule has 0 spiro atoms. The Morgan fingerprint density at radius 1 is 0.460 bits per heavy atom. The van der Waals surface area contributed by atoms with Crippen LogP contribution in [0.5, 0.6) is 0 Å². The molecule has 50 heavy (non-hydrogen) atoms. The van der Waals surface area contributed by atoms with E-state index in [0.29, 0.717) is 24.3 Å². The molecule has 250 valence electrons. The van der Waals surface area contributed by atoms with E-state index in [1.807, 2.05) is 84.9 Å². The lowest BCUT2D eigenvalue weighted by Gasteiger charge is -2.26. The minimum absolute atomic E-state index is 0.312.